The summed E-state index contributed by atoms with van der Waals surface area (Å²) in [5, 5.41) is 4.45. The molecule has 0 bridgehead atoms. The quantitative estimate of drug-likeness (QED) is 0.796. The lowest BCUT2D eigenvalue weighted by atomic mass is 10.1. The zero-order valence-corrected chi connectivity index (χ0v) is 15.3. The van der Waals surface area contributed by atoms with Gasteiger partial charge in [-0.3, -0.25) is 0 Å². The van der Waals surface area contributed by atoms with Gasteiger partial charge in [0.2, 0.25) is 0 Å². The molecule has 2 aromatic rings. The second-order valence-corrected chi connectivity index (χ2v) is 7.20. The summed E-state index contributed by atoms with van der Waals surface area (Å²) < 4.78 is 7.04. The highest BCUT2D eigenvalue weighted by atomic mass is 79.9. The maximum atomic E-state index is 6.02. The molecule has 1 heterocycles. The summed E-state index contributed by atoms with van der Waals surface area (Å²) in [6.07, 6.45) is 0. The molecule has 1 aromatic heterocycles. The summed E-state index contributed by atoms with van der Waals surface area (Å²) in [6.45, 7) is 9.83. The van der Waals surface area contributed by atoms with Gasteiger partial charge in [0, 0.05) is 21.0 Å². The predicted octanol–water partition coefficient (Wildman–Crippen LogP) is 4.77. The van der Waals surface area contributed by atoms with Gasteiger partial charge in [-0.05, 0) is 39.4 Å². The van der Waals surface area contributed by atoms with E-state index in [1.807, 2.05) is 19.1 Å². The zero-order valence-electron chi connectivity index (χ0n) is 12.9. The van der Waals surface area contributed by atoms with E-state index in [1.54, 1.807) is 11.3 Å². The molecule has 21 heavy (non-hydrogen) atoms. The number of benzene rings is 1. The van der Waals surface area contributed by atoms with Crippen molar-refractivity contribution in [3.05, 3.63) is 43.8 Å². The molecule has 3 nitrogen and oxygen atoms in total. The van der Waals surface area contributed by atoms with Crippen molar-refractivity contribution >= 4 is 27.3 Å². The topological polar surface area (TPSA) is 34.1 Å². The molecule has 5 heteroatoms. The minimum Gasteiger partial charge on any atom is -0.486 e. The summed E-state index contributed by atoms with van der Waals surface area (Å²) in [4.78, 5) is 5.78. The van der Waals surface area contributed by atoms with Crippen molar-refractivity contribution in [2.45, 2.75) is 40.3 Å². The van der Waals surface area contributed by atoms with Crippen molar-refractivity contribution in [1.82, 2.24) is 10.3 Å². The lowest BCUT2D eigenvalue weighted by Crippen LogP contribution is -2.18. The normalized spacial score (nSPS) is 12.4. The third-order valence-electron chi connectivity index (χ3n) is 3.38. The molecule has 2 rings (SSSR count). The van der Waals surface area contributed by atoms with E-state index in [9.17, 15) is 0 Å². The van der Waals surface area contributed by atoms with E-state index in [4.69, 9.17) is 4.74 Å². The van der Waals surface area contributed by atoms with Crippen molar-refractivity contribution in [3.63, 3.8) is 0 Å². The van der Waals surface area contributed by atoms with Gasteiger partial charge in [0.05, 0.1) is 5.69 Å². The summed E-state index contributed by atoms with van der Waals surface area (Å²) in [5.41, 5.74) is 2.26. The van der Waals surface area contributed by atoms with Crippen LogP contribution in [0.2, 0.25) is 0 Å². The number of halogens is 1. The number of nitrogens with zero attached hydrogens (tertiary/aromatic N) is 1. The third kappa shape index (κ3) is 4.28. The van der Waals surface area contributed by atoms with E-state index in [1.165, 1.54) is 10.4 Å². The van der Waals surface area contributed by atoms with Gasteiger partial charge in [0.25, 0.3) is 0 Å². The van der Waals surface area contributed by atoms with Crippen LogP contribution in [0.25, 0.3) is 0 Å². The van der Waals surface area contributed by atoms with E-state index < -0.39 is 0 Å². The summed E-state index contributed by atoms with van der Waals surface area (Å²) >= 11 is 5.21. The number of ether oxygens (including phenoxy) is 1. The second-order valence-electron chi connectivity index (χ2n) is 5.00. The van der Waals surface area contributed by atoms with E-state index in [0.29, 0.717) is 6.61 Å². The van der Waals surface area contributed by atoms with Gasteiger partial charge in [-0.2, -0.15) is 0 Å². The average molecular weight is 369 g/mol. The maximum Gasteiger partial charge on any atom is 0.140 e. The van der Waals surface area contributed by atoms with Gasteiger partial charge in [-0.25, -0.2) is 4.98 Å². The van der Waals surface area contributed by atoms with Crippen LogP contribution in [0.3, 0.4) is 0 Å². The fraction of sp³-hybridized carbons (Fsp3) is 0.438. The molecule has 0 aliphatic rings. The van der Waals surface area contributed by atoms with Gasteiger partial charge >= 0.3 is 0 Å². The Kier molecular flexibility index (Phi) is 5.79. The molecule has 1 unspecified atom stereocenters. The highest BCUT2D eigenvalue weighted by Gasteiger charge is 2.12. The first-order valence-electron chi connectivity index (χ1n) is 7.09. The first-order chi connectivity index (χ1) is 10.0. The molecule has 0 radical (unpaired) electrons. The van der Waals surface area contributed by atoms with Crippen LogP contribution in [-0.4, -0.2) is 11.5 Å². The maximum absolute atomic E-state index is 6.02. The molecule has 0 aliphatic heterocycles. The Morgan fingerprint density at radius 1 is 1.38 bits per heavy atom. The lowest BCUT2D eigenvalue weighted by Gasteiger charge is -2.17. The molecule has 0 fully saturated rings. The Morgan fingerprint density at radius 3 is 2.76 bits per heavy atom. The third-order valence-corrected chi connectivity index (χ3v) is 4.92. The van der Waals surface area contributed by atoms with Crippen molar-refractivity contribution < 1.29 is 4.74 Å². The van der Waals surface area contributed by atoms with Gasteiger partial charge in [0.1, 0.15) is 17.4 Å². The van der Waals surface area contributed by atoms with Crippen LogP contribution in [0, 0.1) is 13.8 Å². The number of hydrogen-bond acceptors (Lipinski definition) is 4. The fourth-order valence-corrected chi connectivity index (χ4v) is 3.33. The number of hydrogen-bond donors (Lipinski definition) is 1. The Balaban J connectivity index is 2.16. The average Bonchev–Trinajstić information content (AvgIpc) is 2.76. The Morgan fingerprint density at radius 2 is 2.14 bits per heavy atom. The monoisotopic (exact) mass is 368 g/mol. The molecule has 0 saturated carbocycles. The number of nitrogens with one attached hydrogen (secondary N) is 1. The van der Waals surface area contributed by atoms with Crippen LogP contribution in [0.1, 0.15) is 41.0 Å². The standard InChI is InChI=1S/C16H21BrN2OS/c1-5-18-11(3)14-7-6-13(17)8-15(14)20-9-16-19-10(2)12(4)21-16/h6-8,11,18H,5,9H2,1-4H3. The Hall–Kier alpha value is -0.910. The SMILES string of the molecule is CCNC(C)c1ccc(Br)cc1OCc1nc(C)c(C)s1. The van der Waals surface area contributed by atoms with E-state index in [0.717, 1.165) is 27.5 Å². The van der Waals surface area contributed by atoms with Gasteiger partial charge < -0.3 is 10.1 Å². The summed E-state index contributed by atoms with van der Waals surface area (Å²) in [6, 6.07) is 6.44. The molecule has 0 spiro atoms. The van der Waals surface area contributed by atoms with Crippen molar-refractivity contribution in [2.24, 2.45) is 0 Å². The lowest BCUT2D eigenvalue weighted by molar-refractivity contribution is 0.299. The Bertz CT molecular complexity index is 593. The van der Waals surface area contributed by atoms with Crippen molar-refractivity contribution in [2.75, 3.05) is 6.54 Å². The van der Waals surface area contributed by atoms with Crippen LogP contribution in [-0.2, 0) is 6.61 Å². The Labute approximate surface area is 138 Å². The van der Waals surface area contributed by atoms with Gasteiger partial charge in [-0.1, -0.05) is 28.9 Å². The van der Waals surface area contributed by atoms with E-state index in [-0.39, 0.29) is 6.04 Å². The molecule has 0 saturated heterocycles. The van der Waals surface area contributed by atoms with Crippen LogP contribution in [0.4, 0.5) is 0 Å². The number of aromatic nitrogens is 1. The van der Waals surface area contributed by atoms with E-state index in [2.05, 4.69) is 53.1 Å². The first kappa shape index (κ1) is 16.5. The molecule has 114 valence electrons. The highest BCUT2D eigenvalue weighted by Crippen LogP contribution is 2.30. The molecule has 1 N–H and O–H groups in total. The molecular weight excluding hydrogens is 348 g/mol. The van der Waals surface area contributed by atoms with Crippen molar-refractivity contribution in [1.29, 1.82) is 0 Å². The minimum absolute atomic E-state index is 0.262. The summed E-state index contributed by atoms with van der Waals surface area (Å²) in [5.74, 6) is 0.906. The number of rotatable bonds is 6. The fourth-order valence-electron chi connectivity index (χ4n) is 2.15. The molecular formula is C16H21BrN2OS. The van der Waals surface area contributed by atoms with Crippen molar-refractivity contribution in [3.8, 4) is 5.75 Å². The van der Waals surface area contributed by atoms with Crippen LogP contribution in [0.5, 0.6) is 5.75 Å². The molecule has 1 atom stereocenters. The first-order valence-corrected chi connectivity index (χ1v) is 8.70. The smallest absolute Gasteiger partial charge is 0.140 e. The second kappa shape index (κ2) is 7.38. The van der Waals surface area contributed by atoms with Gasteiger partial charge in [-0.15, -0.1) is 11.3 Å². The number of aryl methyl sites for hydroxylation is 2. The molecule has 1 aromatic carbocycles. The molecule has 0 aliphatic carbocycles. The summed E-state index contributed by atoms with van der Waals surface area (Å²) in [7, 11) is 0. The largest absolute Gasteiger partial charge is 0.486 e. The minimum atomic E-state index is 0.262. The zero-order chi connectivity index (χ0) is 15.4. The van der Waals surface area contributed by atoms with Crippen LogP contribution >= 0.6 is 27.3 Å². The van der Waals surface area contributed by atoms with Crippen LogP contribution < -0.4 is 10.1 Å². The number of thiazole rings is 1. The highest BCUT2D eigenvalue weighted by molar-refractivity contribution is 9.10. The van der Waals surface area contributed by atoms with Crippen LogP contribution in [0.15, 0.2) is 22.7 Å². The van der Waals surface area contributed by atoms with E-state index >= 15 is 0 Å². The molecule has 0 amide bonds. The van der Waals surface area contributed by atoms with Gasteiger partial charge in [0.15, 0.2) is 0 Å². The predicted molar refractivity (Wildman–Crippen MR) is 92.2 cm³/mol.